The number of hydrogen-bond acceptors (Lipinski definition) is 2. The number of quaternary nitrogens is 1. The molecule has 74 valence electrons. The Balaban J connectivity index is 2.49. The van der Waals surface area contributed by atoms with E-state index in [1.54, 1.807) is 7.11 Å². The van der Waals surface area contributed by atoms with Gasteiger partial charge in [0.05, 0.1) is 12.3 Å². The number of ether oxygens (including phenoxy) is 2. The maximum absolute atomic E-state index is 5.70. The summed E-state index contributed by atoms with van der Waals surface area (Å²) in [5.74, 6) is 0. The van der Waals surface area contributed by atoms with E-state index >= 15 is 0 Å². The van der Waals surface area contributed by atoms with Crippen LogP contribution in [0.15, 0.2) is 24.4 Å². The smallest absolute Gasteiger partial charge is 0.218 e. The topological polar surface area (TPSA) is 22.9 Å². The summed E-state index contributed by atoms with van der Waals surface area (Å²) in [6.45, 7) is 4.71. The molecule has 1 aliphatic rings. The first-order valence-corrected chi connectivity index (χ1v) is 4.59. The van der Waals surface area contributed by atoms with Gasteiger partial charge in [0.25, 0.3) is 0 Å². The van der Waals surface area contributed by atoms with Gasteiger partial charge in [-0.1, -0.05) is 6.08 Å². The first-order valence-electron chi connectivity index (χ1n) is 4.59. The van der Waals surface area contributed by atoms with Gasteiger partial charge in [0, 0.05) is 13.2 Å². The van der Waals surface area contributed by atoms with E-state index in [0.717, 1.165) is 0 Å². The first-order chi connectivity index (χ1) is 6.24. The van der Waals surface area contributed by atoms with Gasteiger partial charge >= 0.3 is 0 Å². The van der Waals surface area contributed by atoms with Crippen LogP contribution in [0.4, 0.5) is 0 Å². The predicted molar refractivity (Wildman–Crippen MR) is 51.1 cm³/mol. The molecule has 0 aromatic heterocycles. The molecule has 0 aromatic rings. The fourth-order valence-electron chi connectivity index (χ4n) is 1.29. The van der Waals surface area contributed by atoms with Crippen molar-refractivity contribution in [1.29, 1.82) is 0 Å². The van der Waals surface area contributed by atoms with Gasteiger partial charge in [-0.25, -0.2) is 0 Å². The molecular weight excluding hydrogens is 166 g/mol. The molecule has 3 heteroatoms. The number of methoxy groups -OCH3 is 1. The molecule has 1 aliphatic heterocycles. The fourth-order valence-corrected chi connectivity index (χ4v) is 1.29. The Morgan fingerprint density at radius 3 is 2.77 bits per heavy atom. The lowest BCUT2D eigenvalue weighted by Gasteiger charge is -2.25. The minimum absolute atomic E-state index is 0.0879. The SMILES string of the molecule is COC[NH+]1C=CC=CC1OC(C)C. The van der Waals surface area contributed by atoms with Crippen molar-refractivity contribution in [2.24, 2.45) is 0 Å². The van der Waals surface area contributed by atoms with Crippen LogP contribution in [-0.2, 0) is 9.47 Å². The van der Waals surface area contributed by atoms with Gasteiger partial charge < -0.3 is 9.47 Å². The van der Waals surface area contributed by atoms with Crippen LogP contribution < -0.4 is 4.90 Å². The molecule has 0 aliphatic carbocycles. The molecule has 2 atom stereocenters. The lowest BCUT2D eigenvalue weighted by Crippen LogP contribution is -3.12. The molecule has 3 nitrogen and oxygen atoms in total. The Morgan fingerprint density at radius 2 is 2.15 bits per heavy atom. The van der Waals surface area contributed by atoms with E-state index in [2.05, 4.69) is 6.20 Å². The third-order valence-corrected chi connectivity index (χ3v) is 1.80. The molecule has 0 saturated heterocycles. The average Bonchev–Trinajstić information content (AvgIpc) is 2.08. The quantitative estimate of drug-likeness (QED) is 0.679. The highest BCUT2D eigenvalue weighted by molar-refractivity contribution is 5.04. The van der Waals surface area contributed by atoms with Gasteiger partial charge in [-0.15, -0.1) is 0 Å². The van der Waals surface area contributed by atoms with E-state index in [1.165, 1.54) is 4.90 Å². The standard InChI is InChI=1S/C10H17NO2/c1-9(2)13-10-6-4-5-7-11(10)8-12-3/h4-7,9-10H,8H2,1-3H3/p+1. The van der Waals surface area contributed by atoms with Crippen LogP contribution in [0.5, 0.6) is 0 Å². The largest absolute Gasteiger partial charge is 0.335 e. The summed E-state index contributed by atoms with van der Waals surface area (Å²) in [5, 5.41) is 0. The molecule has 0 saturated carbocycles. The van der Waals surface area contributed by atoms with E-state index in [4.69, 9.17) is 9.47 Å². The molecule has 0 bridgehead atoms. The highest BCUT2D eigenvalue weighted by atomic mass is 16.5. The van der Waals surface area contributed by atoms with Crippen molar-refractivity contribution in [2.45, 2.75) is 26.2 Å². The normalized spacial score (nSPS) is 27.1. The summed E-state index contributed by atoms with van der Waals surface area (Å²) in [5.41, 5.74) is 0. The molecule has 0 aromatic carbocycles. The van der Waals surface area contributed by atoms with Crippen molar-refractivity contribution in [1.82, 2.24) is 0 Å². The number of rotatable bonds is 4. The summed E-state index contributed by atoms with van der Waals surface area (Å²) in [6, 6.07) is 0. The molecule has 1 N–H and O–H groups in total. The Bertz CT molecular complexity index is 199. The van der Waals surface area contributed by atoms with Crippen LogP contribution >= 0.6 is 0 Å². The zero-order valence-corrected chi connectivity index (χ0v) is 8.49. The summed E-state index contributed by atoms with van der Waals surface area (Å²) < 4.78 is 10.8. The number of allylic oxidation sites excluding steroid dienone is 2. The lowest BCUT2D eigenvalue weighted by molar-refractivity contribution is -0.912. The van der Waals surface area contributed by atoms with Crippen LogP contribution in [-0.4, -0.2) is 26.2 Å². The summed E-state index contributed by atoms with van der Waals surface area (Å²) >= 11 is 0. The van der Waals surface area contributed by atoms with Crippen LogP contribution in [0.1, 0.15) is 13.8 Å². The molecule has 0 spiro atoms. The second-order valence-corrected chi connectivity index (χ2v) is 3.36. The highest BCUT2D eigenvalue weighted by Gasteiger charge is 2.20. The Labute approximate surface area is 79.6 Å². The van der Waals surface area contributed by atoms with Crippen LogP contribution in [0.25, 0.3) is 0 Å². The van der Waals surface area contributed by atoms with E-state index in [-0.39, 0.29) is 12.3 Å². The minimum Gasteiger partial charge on any atom is -0.335 e. The number of nitrogens with one attached hydrogen (secondary N) is 1. The maximum atomic E-state index is 5.70. The van der Waals surface area contributed by atoms with Gasteiger partial charge in [0.1, 0.15) is 0 Å². The van der Waals surface area contributed by atoms with E-state index in [9.17, 15) is 0 Å². The third kappa shape index (κ3) is 3.30. The molecular formula is C10H18NO2+. The Morgan fingerprint density at radius 1 is 1.38 bits per heavy atom. The summed E-state index contributed by atoms with van der Waals surface area (Å²) in [7, 11) is 1.70. The van der Waals surface area contributed by atoms with Crippen molar-refractivity contribution < 1.29 is 14.4 Å². The van der Waals surface area contributed by atoms with E-state index in [1.807, 2.05) is 32.1 Å². The van der Waals surface area contributed by atoms with Gasteiger partial charge in [-0.05, 0) is 19.9 Å². The van der Waals surface area contributed by atoms with Crippen molar-refractivity contribution in [3.8, 4) is 0 Å². The molecule has 1 rings (SSSR count). The molecule has 2 unspecified atom stereocenters. The fraction of sp³-hybridized carbons (Fsp3) is 0.600. The lowest BCUT2D eigenvalue weighted by atomic mass is 10.3. The minimum atomic E-state index is 0.0879. The van der Waals surface area contributed by atoms with Gasteiger partial charge in [0.15, 0.2) is 6.73 Å². The average molecular weight is 184 g/mol. The predicted octanol–water partition coefficient (Wildman–Crippen LogP) is 0.310. The van der Waals surface area contributed by atoms with E-state index in [0.29, 0.717) is 6.73 Å². The van der Waals surface area contributed by atoms with Crippen molar-refractivity contribution >= 4 is 0 Å². The zero-order valence-electron chi connectivity index (χ0n) is 8.49. The summed E-state index contributed by atoms with van der Waals surface area (Å²) in [4.78, 5) is 1.18. The van der Waals surface area contributed by atoms with Crippen LogP contribution in [0.2, 0.25) is 0 Å². The van der Waals surface area contributed by atoms with Crippen LogP contribution in [0.3, 0.4) is 0 Å². The van der Waals surface area contributed by atoms with Crippen molar-refractivity contribution in [3.63, 3.8) is 0 Å². The summed E-state index contributed by atoms with van der Waals surface area (Å²) in [6.07, 6.45) is 8.45. The Kier molecular flexibility index (Phi) is 4.15. The monoisotopic (exact) mass is 184 g/mol. The second kappa shape index (κ2) is 5.17. The second-order valence-electron chi connectivity index (χ2n) is 3.36. The molecule has 0 radical (unpaired) electrons. The highest BCUT2D eigenvalue weighted by Crippen LogP contribution is 1.96. The Hall–Kier alpha value is -0.640. The van der Waals surface area contributed by atoms with Gasteiger partial charge in [0.2, 0.25) is 6.23 Å². The molecule has 0 fully saturated rings. The maximum Gasteiger partial charge on any atom is 0.218 e. The number of hydrogen-bond donors (Lipinski definition) is 1. The van der Waals surface area contributed by atoms with Gasteiger partial charge in [-0.2, -0.15) is 0 Å². The van der Waals surface area contributed by atoms with Crippen LogP contribution in [0, 0.1) is 0 Å². The molecule has 13 heavy (non-hydrogen) atoms. The third-order valence-electron chi connectivity index (χ3n) is 1.80. The van der Waals surface area contributed by atoms with Crippen molar-refractivity contribution in [3.05, 3.63) is 24.4 Å². The first kappa shape index (κ1) is 10.4. The zero-order chi connectivity index (χ0) is 9.68. The van der Waals surface area contributed by atoms with Gasteiger partial charge in [-0.3, -0.25) is 4.90 Å². The molecule has 0 amide bonds. The van der Waals surface area contributed by atoms with Crippen molar-refractivity contribution in [2.75, 3.05) is 13.8 Å². The van der Waals surface area contributed by atoms with E-state index < -0.39 is 0 Å². The molecule has 1 heterocycles.